The van der Waals surface area contributed by atoms with Gasteiger partial charge in [0, 0.05) is 14.1 Å². The third-order valence-corrected chi connectivity index (χ3v) is 2.07. The number of hydrogen-bond acceptors (Lipinski definition) is 1. The van der Waals surface area contributed by atoms with Crippen molar-refractivity contribution in [1.82, 2.24) is 4.90 Å². The molecule has 13 heavy (non-hydrogen) atoms. The van der Waals surface area contributed by atoms with Gasteiger partial charge in [-0.3, -0.25) is 4.79 Å². The van der Waals surface area contributed by atoms with Crippen LogP contribution in [0.15, 0.2) is 18.2 Å². The molecule has 2 nitrogen and oxygen atoms in total. The Morgan fingerprint density at radius 1 is 1.46 bits per heavy atom. The zero-order valence-electron chi connectivity index (χ0n) is 7.97. The van der Waals surface area contributed by atoms with E-state index in [1.54, 1.807) is 26.2 Å². The van der Waals surface area contributed by atoms with E-state index >= 15 is 0 Å². The monoisotopic (exact) mass is 195 g/mol. The van der Waals surface area contributed by atoms with Crippen molar-refractivity contribution in [1.29, 1.82) is 0 Å². The molecular weight excluding hydrogens is 184 g/mol. The number of benzene rings is 1. The molecule has 4 heteroatoms. The van der Waals surface area contributed by atoms with E-state index in [1.165, 1.54) is 4.90 Å². The lowest BCUT2D eigenvalue weighted by molar-refractivity contribution is 0.0828. The lowest BCUT2D eigenvalue weighted by Crippen LogP contribution is -2.22. The molecule has 0 saturated heterocycles. The normalized spacial score (nSPS) is 9.77. The topological polar surface area (TPSA) is 20.3 Å². The highest BCUT2D eigenvalue weighted by atomic mass is 35.5. The van der Waals surface area contributed by atoms with E-state index in [0.29, 0.717) is 10.6 Å². The van der Waals surface area contributed by atoms with Crippen LogP contribution in [0.1, 0.15) is 10.4 Å². The van der Waals surface area contributed by atoms with Crippen LogP contribution < -0.4 is 5.46 Å². The predicted octanol–water partition coefficient (Wildman–Crippen LogP) is 0.300. The van der Waals surface area contributed by atoms with Crippen LogP contribution in [0.5, 0.6) is 0 Å². The van der Waals surface area contributed by atoms with Crippen LogP contribution >= 0.6 is 11.6 Å². The standard InChI is InChI=1S/C9H11BClNO/c1-12(2)9(13)7-4-3-6(10)5-8(7)11/h3-5H,10H2,1-2H3. The van der Waals surface area contributed by atoms with Gasteiger partial charge in [0.05, 0.1) is 10.6 Å². The van der Waals surface area contributed by atoms with Crippen molar-refractivity contribution < 1.29 is 4.79 Å². The molecule has 0 fully saturated rings. The summed E-state index contributed by atoms with van der Waals surface area (Å²) in [4.78, 5) is 13.0. The van der Waals surface area contributed by atoms with Crippen LogP contribution in [0.2, 0.25) is 5.02 Å². The number of carbonyl (C=O) groups is 1. The van der Waals surface area contributed by atoms with Crippen molar-refractivity contribution in [3.05, 3.63) is 28.8 Å². The molecule has 0 aliphatic heterocycles. The number of carbonyl (C=O) groups excluding carboxylic acids is 1. The third kappa shape index (κ3) is 2.25. The van der Waals surface area contributed by atoms with Gasteiger partial charge in [-0.25, -0.2) is 0 Å². The molecule has 1 aromatic rings. The van der Waals surface area contributed by atoms with E-state index in [2.05, 4.69) is 0 Å². The van der Waals surface area contributed by atoms with Crippen LogP contribution in [0.4, 0.5) is 0 Å². The van der Waals surface area contributed by atoms with Crippen molar-refractivity contribution in [2.24, 2.45) is 0 Å². The van der Waals surface area contributed by atoms with E-state index < -0.39 is 0 Å². The summed E-state index contributed by atoms with van der Waals surface area (Å²) in [7, 11) is 5.35. The second kappa shape index (κ2) is 3.84. The molecule has 0 bridgehead atoms. The first-order valence-electron chi connectivity index (χ1n) is 4.00. The smallest absolute Gasteiger partial charge is 0.254 e. The van der Waals surface area contributed by atoms with Gasteiger partial charge in [-0.2, -0.15) is 0 Å². The van der Waals surface area contributed by atoms with Gasteiger partial charge in [-0.1, -0.05) is 23.1 Å². The van der Waals surface area contributed by atoms with Gasteiger partial charge < -0.3 is 4.90 Å². The number of hydrogen-bond donors (Lipinski definition) is 0. The van der Waals surface area contributed by atoms with Crippen molar-refractivity contribution in [2.45, 2.75) is 0 Å². The molecule has 0 aliphatic rings. The van der Waals surface area contributed by atoms with Crippen molar-refractivity contribution >= 4 is 30.8 Å². The molecule has 0 atom stereocenters. The van der Waals surface area contributed by atoms with Crippen LogP contribution in [0.3, 0.4) is 0 Å². The second-order valence-corrected chi connectivity index (χ2v) is 3.59. The fraction of sp³-hybridized carbons (Fsp3) is 0.222. The molecule has 0 aromatic heterocycles. The maximum absolute atomic E-state index is 11.5. The molecule has 0 unspecified atom stereocenters. The number of rotatable bonds is 1. The Kier molecular flexibility index (Phi) is 2.99. The number of halogens is 1. The van der Waals surface area contributed by atoms with Crippen LogP contribution in [0, 0.1) is 0 Å². The van der Waals surface area contributed by atoms with Crippen LogP contribution in [0.25, 0.3) is 0 Å². The Balaban J connectivity index is 3.09. The molecule has 0 heterocycles. The summed E-state index contributed by atoms with van der Waals surface area (Å²) in [6.45, 7) is 0. The van der Waals surface area contributed by atoms with Gasteiger partial charge >= 0.3 is 0 Å². The van der Waals surface area contributed by atoms with E-state index in [1.807, 2.05) is 13.9 Å². The van der Waals surface area contributed by atoms with Crippen LogP contribution in [-0.2, 0) is 0 Å². The fourth-order valence-corrected chi connectivity index (χ4v) is 1.35. The van der Waals surface area contributed by atoms with E-state index in [0.717, 1.165) is 5.46 Å². The minimum atomic E-state index is -0.0648. The minimum Gasteiger partial charge on any atom is -0.345 e. The van der Waals surface area contributed by atoms with E-state index in [9.17, 15) is 4.79 Å². The highest BCUT2D eigenvalue weighted by Crippen LogP contribution is 2.14. The zero-order valence-corrected chi connectivity index (χ0v) is 8.72. The predicted molar refractivity (Wildman–Crippen MR) is 57.6 cm³/mol. The Morgan fingerprint density at radius 3 is 2.54 bits per heavy atom. The summed E-state index contributed by atoms with van der Waals surface area (Å²) in [5, 5.41) is 0.513. The fourth-order valence-electron chi connectivity index (χ4n) is 1.03. The molecule has 0 aliphatic carbocycles. The maximum atomic E-state index is 11.5. The SMILES string of the molecule is Bc1ccc(C(=O)N(C)C)c(Cl)c1. The number of amides is 1. The Hall–Kier alpha value is -0.955. The average Bonchev–Trinajstić information content (AvgIpc) is 2.03. The molecule has 0 saturated carbocycles. The molecule has 1 rings (SSSR count). The van der Waals surface area contributed by atoms with Crippen molar-refractivity contribution in [3.8, 4) is 0 Å². The van der Waals surface area contributed by atoms with Crippen molar-refractivity contribution in [2.75, 3.05) is 14.1 Å². The van der Waals surface area contributed by atoms with E-state index in [4.69, 9.17) is 11.6 Å². The number of nitrogens with zero attached hydrogens (tertiary/aromatic N) is 1. The highest BCUT2D eigenvalue weighted by molar-refractivity contribution is 6.38. The summed E-state index contributed by atoms with van der Waals surface area (Å²) < 4.78 is 0. The first kappa shape index (κ1) is 10.1. The lowest BCUT2D eigenvalue weighted by Gasteiger charge is -2.11. The van der Waals surface area contributed by atoms with Gasteiger partial charge in [-0.05, 0) is 12.1 Å². The van der Waals surface area contributed by atoms with Gasteiger partial charge in [0.1, 0.15) is 7.85 Å². The zero-order chi connectivity index (χ0) is 10.0. The van der Waals surface area contributed by atoms with E-state index in [-0.39, 0.29) is 5.91 Å². The van der Waals surface area contributed by atoms with Gasteiger partial charge in [-0.15, -0.1) is 0 Å². The first-order valence-corrected chi connectivity index (χ1v) is 4.38. The Labute approximate surface area is 83.9 Å². The summed E-state index contributed by atoms with van der Waals surface area (Å²) in [5.41, 5.74) is 1.61. The summed E-state index contributed by atoms with van der Waals surface area (Å²) in [6, 6.07) is 5.42. The van der Waals surface area contributed by atoms with Gasteiger partial charge in [0.25, 0.3) is 5.91 Å². The minimum absolute atomic E-state index is 0.0648. The molecule has 0 N–H and O–H groups in total. The van der Waals surface area contributed by atoms with Crippen LogP contribution in [-0.4, -0.2) is 32.7 Å². The molecular formula is C9H11BClNO. The molecule has 68 valence electrons. The third-order valence-electron chi connectivity index (χ3n) is 1.76. The van der Waals surface area contributed by atoms with Gasteiger partial charge in [0.2, 0.25) is 0 Å². The largest absolute Gasteiger partial charge is 0.345 e. The average molecular weight is 195 g/mol. The quantitative estimate of drug-likeness (QED) is 0.590. The maximum Gasteiger partial charge on any atom is 0.254 e. The second-order valence-electron chi connectivity index (χ2n) is 3.18. The first-order chi connectivity index (χ1) is 6.02. The lowest BCUT2D eigenvalue weighted by atomic mass is 9.95. The molecule has 0 spiro atoms. The molecule has 1 amide bonds. The Morgan fingerprint density at radius 2 is 2.08 bits per heavy atom. The Bertz CT molecular complexity index is 338. The van der Waals surface area contributed by atoms with Crippen molar-refractivity contribution in [3.63, 3.8) is 0 Å². The summed E-state index contributed by atoms with van der Waals surface area (Å²) in [6.07, 6.45) is 0. The summed E-state index contributed by atoms with van der Waals surface area (Å²) in [5.74, 6) is -0.0648. The molecule has 1 aromatic carbocycles. The molecule has 0 radical (unpaired) electrons. The van der Waals surface area contributed by atoms with Gasteiger partial charge in [0.15, 0.2) is 0 Å². The summed E-state index contributed by atoms with van der Waals surface area (Å²) >= 11 is 5.92. The highest BCUT2D eigenvalue weighted by Gasteiger charge is 2.11.